The third kappa shape index (κ3) is 2.09. The van der Waals surface area contributed by atoms with Gasteiger partial charge >= 0.3 is 0 Å². The number of nitrogens with zero attached hydrogens (tertiary/aromatic N) is 2. The van der Waals surface area contributed by atoms with Crippen LogP contribution in [-0.4, -0.2) is 9.55 Å². The van der Waals surface area contributed by atoms with Gasteiger partial charge in [-0.1, -0.05) is 19.9 Å². The molecule has 0 unspecified atom stereocenters. The minimum Gasteiger partial charge on any atom is -0.296 e. The first-order valence-corrected chi connectivity index (χ1v) is 6.01. The lowest BCUT2D eigenvalue weighted by atomic mass is 10.0. The zero-order valence-corrected chi connectivity index (χ0v) is 10.8. The van der Waals surface area contributed by atoms with E-state index in [2.05, 4.69) is 18.8 Å². The predicted molar refractivity (Wildman–Crippen MR) is 70.5 cm³/mol. The van der Waals surface area contributed by atoms with Crippen molar-refractivity contribution in [1.29, 1.82) is 0 Å². The second-order valence-electron chi connectivity index (χ2n) is 4.98. The SMILES string of the molecule is CC(C)c1ccc2c(=O)n(C(C)C)cnc2c1. The summed E-state index contributed by atoms with van der Waals surface area (Å²) in [5.41, 5.74) is 2.05. The zero-order chi connectivity index (χ0) is 12.6. The van der Waals surface area contributed by atoms with Gasteiger partial charge in [-0.2, -0.15) is 0 Å². The predicted octanol–water partition coefficient (Wildman–Crippen LogP) is 3.10. The average molecular weight is 230 g/mol. The van der Waals surface area contributed by atoms with E-state index in [0.29, 0.717) is 11.3 Å². The fourth-order valence-electron chi connectivity index (χ4n) is 1.88. The summed E-state index contributed by atoms with van der Waals surface area (Å²) in [5.74, 6) is 0.453. The van der Waals surface area contributed by atoms with Gasteiger partial charge in [0.25, 0.3) is 5.56 Å². The van der Waals surface area contributed by atoms with Crippen LogP contribution in [0.2, 0.25) is 0 Å². The second kappa shape index (κ2) is 4.32. The maximum Gasteiger partial charge on any atom is 0.261 e. The number of hydrogen-bond acceptors (Lipinski definition) is 2. The Morgan fingerprint density at radius 3 is 2.47 bits per heavy atom. The van der Waals surface area contributed by atoms with Crippen LogP contribution in [-0.2, 0) is 0 Å². The molecule has 0 saturated carbocycles. The van der Waals surface area contributed by atoms with E-state index in [1.54, 1.807) is 10.9 Å². The molecule has 0 amide bonds. The Labute approximate surface area is 101 Å². The number of fused-ring (bicyclic) bond motifs is 1. The molecule has 2 rings (SSSR count). The van der Waals surface area contributed by atoms with E-state index >= 15 is 0 Å². The maximum atomic E-state index is 12.2. The summed E-state index contributed by atoms with van der Waals surface area (Å²) in [4.78, 5) is 16.5. The van der Waals surface area contributed by atoms with Gasteiger partial charge in [0, 0.05) is 6.04 Å². The minimum absolute atomic E-state index is 0.0420. The van der Waals surface area contributed by atoms with Gasteiger partial charge in [-0.3, -0.25) is 9.36 Å². The molecule has 1 heterocycles. The summed E-state index contributed by atoms with van der Waals surface area (Å²) in [6, 6.07) is 6.05. The molecule has 0 N–H and O–H groups in total. The Morgan fingerprint density at radius 2 is 1.88 bits per heavy atom. The summed E-state index contributed by atoms with van der Waals surface area (Å²) in [5, 5.41) is 0.700. The molecule has 1 aromatic heterocycles. The Kier molecular flexibility index (Phi) is 3.01. The molecule has 90 valence electrons. The van der Waals surface area contributed by atoms with Gasteiger partial charge in [0.2, 0.25) is 0 Å². The molecule has 3 nitrogen and oxygen atoms in total. The van der Waals surface area contributed by atoms with E-state index in [-0.39, 0.29) is 11.6 Å². The zero-order valence-electron chi connectivity index (χ0n) is 10.8. The molecule has 0 bridgehead atoms. The van der Waals surface area contributed by atoms with Crippen LogP contribution in [0.5, 0.6) is 0 Å². The van der Waals surface area contributed by atoms with Crippen LogP contribution in [0.25, 0.3) is 10.9 Å². The Hall–Kier alpha value is -1.64. The highest BCUT2D eigenvalue weighted by Crippen LogP contribution is 2.18. The topological polar surface area (TPSA) is 34.9 Å². The van der Waals surface area contributed by atoms with Crippen molar-refractivity contribution in [2.24, 2.45) is 0 Å². The highest BCUT2D eigenvalue weighted by molar-refractivity contribution is 5.78. The summed E-state index contributed by atoms with van der Waals surface area (Å²) < 4.78 is 1.66. The molecule has 3 heteroatoms. The first-order valence-electron chi connectivity index (χ1n) is 6.01. The van der Waals surface area contributed by atoms with Gasteiger partial charge < -0.3 is 0 Å². The molecule has 0 aliphatic carbocycles. The van der Waals surface area contributed by atoms with Crippen LogP contribution in [0.3, 0.4) is 0 Å². The Balaban J connectivity index is 2.69. The van der Waals surface area contributed by atoms with Gasteiger partial charge in [-0.05, 0) is 37.5 Å². The fraction of sp³-hybridized carbons (Fsp3) is 0.429. The van der Waals surface area contributed by atoms with Crippen molar-refractivity contribution in [1.82, 2.24) is 9.55 Å². The molecule has 0 saturated heterocycles. The lowest BCUT2D eigenvalue weighted by Crippen LogP contribution is -2.22. The first-order chi connectivity index (χ1) is 8.00. The summed E-state index contributed by atoms with van der Waals surface area (Å²) >= 11 is 0. The molecule has 1 aromatic carbocycles. The van der Waals surface area contributed by atoms with Gasteiger partial charge in [-0.15, -0.1) is 0 Å². The van der Waals surface area contributed by atoms with Crippen LogP contribution in [0.4, 0.5) is 0 Å². The van der Waals surface area contributed by atoms with E-state index in [9.17, 15) is 4.79 Å². The van der Waals surface area contributed by atoms with E-state index < -0.39 is 0 Å². The molecule has 2 aromatic rings. The van der Waals surface area contributed by atoms with Crippen molar-refractivity contribution in [3.05, 3.63) is 40.4 Å². The Bertz CT molecular complexity index is 597. The molecule has 0 radical (unpaired) electrons. The van der Waals surface area contributed by atoms with Gasteiger partial charge in [0.05, 0.1) is 17.2 Å². The van der Waals surface area contributed by atoms with Crippen molar-refractivity contribution in [3.63, 3.8) is 0 Å². The van der Waals surface area contributed by atoms with Crippen LogP contribution in [0, 0.1) is 0 Å². The number of hydrogen-bond donors (Lipinski definition) is 0. The average Bonchev–Trinajstić information content (AvgIpc) is 2.28. The molecule has 0 atom stereocenters. The number of aromatic nitrogens is 2. The van der Waals surface area contributed by atoms with Gasteiger partial charge in [0.1, 0.15) is 0 Å². The second-order valence-corrected chi connectivity index (χ2v) is 4.98. The number of rotatable bonds is 2. The fourth-order valence-corrected chi connectivity index (χ4v) is 1.88. The van der Waals surface area contributed by atoms with E-state index in [1.165, 1.54) is 5.56 Å². The summed E-state index contributed by atoms with van der Waals surface area (Å²) in [6.07, 6.45) is 1.64. The minimum atomic E-state index is 0.0420. The van der Waals surface area contributed by atoms with Crippen molar-refractivity contribution >= 4 is 10.9 Å². The highest BCUT2D eigenvalue weighted by atomic mass is 16.1. The quantitative estimate of drug-likeness (QED) is 0.794. The largest absolute Gasteiger partial charge is 0.296 e. The Morgan fingerprint density at radius 1 is 1.18 bits per heavy atom. The van der Waals surface area contributed by atoms with Crippen LogP contribution in [0.15, 0.2) is 29.3 Å². The van der Waals surface area contributed by atoms with Crippen molar-refractivity contribution in [2.45, 2.75) is 39.7 Å². The van der Waals surface area contributed by atoms with Crippen molar-refractivity contribution in [3.8, 4) is 0 Å². The lowest BCUT2D eigenvalue weighted by molar-refractivity contribution is 0.573. The van der Waals surface area contributed by atoms with Gasteiger partial charge in [0.15, 0.2) is 0 Å². The smallest absolute Gasteiger partial charge is 0.261 e. The molecule has 0 spiro atoms. The highest BCUT2D eigenvalue weighted by Gasteiger charge is 2.08. The first kappa shape index (κ1) is 11.8. The van der Waals surface area contributed by atoms with E-state index in [0.717, 1.165) is 5.52 Å². The third-order valence-electron chi connectivity index (χ3n) is 3.03. The standard InChI is InChI=1S/C14H18N2O/c1-9(2)11-5-6-12-13(7-11)15-8-16(10(3)4)14(12)17/h5-10H,1-4H3. The van der Waals surface area contributed by atoms with Crippen LogP contribution in [0.1, 0.15) is 45.2 Å². The van der Waals surface area contributed by atoms with Crippen molar-refractivity contribution < 1.29 is 0 Å². The number of benzene rings is 1. The molecule has 0 aliphatic heterocycles. The van der Waals surface area contributed by atoms with Crippen LogP contribution >= 0.6 is 0 Å². The molecule has 0 aliphatic rings. The molecular weight excluding hydrogens is 212 g/mol. The van der Waals surface area contributed by atoms with Crippen molar-refractivity contribution in [2.75, 3.05) is 0 Å². The molecule has 17 heavy (non-hydrogen) atoms. The third-order valence-corrected chi connectivity index (χ3v) is 3.03. The monoisotopic (exact) mass is 230 g/mol. The molecule has 0 fully saturated rings. The van der Waals surface area contributed by atoms with E-state index in [1.807, 2.05) is 32.0 Å². The van der Waals surface area contributed by atoms with Gasteiger partial charge in [-0.25, -0.2) is 4.98 Å². The summed E-state index contributed by atoms with van der Waals surface area (Å²) in [6.45, 7) is 8.24. The summed E-state index contributed by atoms with van der Waals surface area (Å²) in [7, 11) is 0. The van der Waals surface area contributed by atoms with Crippen LogP contribution < -0.4 is 5.56 Å². The lowest BCUT2D eigenvalue weighted by Gasteiger charge is -2.11. The maximum absolute atomic E-state index is 12.2. The molecular formula is C14H18N2O. The normalized spacial score (nSPS) is 11.6. The van der Waals surface area contributed by atoms with E-state index in [4.69, 9.17) is 0 Å².